The molecule has 1 aliphatic carbocycles. The van der Waals surface area contributed by atoms with Gasteiger partial charge in [0, 0.05) is 44.4 Å². The lowest BCUT2D eigenvalue weighted by atomic mass is 9.63. The molecule has 15 rings (SSSR count). The molecule has 3 aliphatic rings. The van der Waals surface area contributed by atoms with Crippen LogP contribution < -0.4 is 14.4 Å². The van der Waals surface area contributed by atoms with Crippen molar-refractivity contribution in [3.05, 3.63) is 310 Å². The van der Waals surface area contributed by atoms with Gasteiger partial charge in [0.1, 0.15) is 23.0 Å². The molecular formula is C76H60N2O2. The molecule has 80 heavy (non-hydrogen) atoms. The highest BCUT2D eigenvalue weighted by Crippen LogP contribution is 2.64. The number of fused-ring (bicyclic) bond motifs is 14. The SMILES string of the molecule is CC(C)(C)c1ccc2c(c1)C1(c3cc(C(C)(C)C)ccc3O2)c2ccccc2-c2ccc(N(c3ccc4c(c3)C(c3ccccc3)(c3ccccc3)c3ccccc3O4)c3ccccc3-n3c4ccccc4c4ccccc43)cc21. The highest BCUT2D eigenvalue weighted by molar-refractivity contribution is 6.10. The molecule has 0 saturated heterocycles. The molecule has 1 spiro atoms. The smallest absolute Gasteiger partial charge is 0.132 e. The molecule has 0 atom stereocenters. The molecule has 3 heterocycles. The number of ether oxygens (including phenoxy) is 2. The summed E-state index contributed by atoms with van der Waals surface area (Å²) >= 11 is 0. The van der Waals surface area contributed by atoms with Gasteiger partial charge in [0.05, 0.1) is 33.2 Å². The highest BCUT2D eigenvalue weighted by Gasteiger charge is 2.52. The Labute approximate surface area is 468 Å². The van der Waals surface area contributed by atoms with Crippen LogP contribution in [0.5, 0.6) is 23.0 Å². The van der Waals surface area contributed by atoms with Gasteiger partial charge in [0.2, 0.25) is 0 Å². The van der Waals surface area contributed by atoms with Crippen LogP contribution >= 0.6 is 0 Å². The Kier molecular flexibility index (Phi) is 10.5. The van der Waals surface area contributed by atoms with Crippen LogP contribution in [0.25, 0.3) is 38.6 Å². The first-order chi connectivity index (χ1) is 38.9. The van der Waals surface area contributed by atoms with Crippen LogP contribution in [-0.2, 0) is 21.7 Å². The van der Waals surface area contributed by atoms with E-state index < -0.39 is 10.8 Å². The van der Waals surface area contributed by atoms with Gasteiger partial charge in [-0.25, -0.2) is 0 Å². The van der Waals surface area contributed by atoms with Crippen LogP contribution in [-0.4, -0.2) is 4.57 Å². The monoisotopic (exact) mass is 1030 g/mol. The molecule has 0 bridgehead atoms. The first-order valence-corrected chi connectivity index (χ1v) is 28.1. The van der Waals surface area contributed by atoms with E-state index in [1.165, 1.54) is 44.2 Å². The number of rotatable bonds is 6. The Balaban J connectivity index is 1.06. The van der Waals surface area contributed by atoms with E-state index in [-0.39, 0.29) is 10.8 Å². The second kappa shape index (κ2) is 17.6. The summed E-state index contributed by atoms with van der Waals surface area (Å²) in [6, 6.07) is 94.2. The minimum atomic E-state index is -0.741. The summed E-state index contributed by atoms with van der Waals surface area (Å²) in [7, 11) is 0. The number of nitrogens with zero attached hydrogens (tertiary/aromatic N) is 2. The topological polar surface area (TPSA) is 26.6 Å². The van der Waals surface area contributed by atoms with Crippen molar-refractivity contribution >= 4 is 38.9 Å². The Morgan fingerprint density at radius 2 is 0.775 bits per heavy atom. The van der Waals surface area contributed by atoms with E-state index in [2.05, 4.69) is 306 Å². The quantitative estimate of drug-likeness (QED) is 0.166. The van der Waals surface area contributed by atoms with Gasteiger partial charge in [-0.1, -0.05) is 211 Å². The van der Waals surface area contributed by atoms with E-state index in [0.717, 1.165) is 90.2 Å². The van der Waals surface area contributed by atoms with E-state index >= 15 is 0 Å². The van der Waals surface area contributed by atoms with Gasteiger partial charge in [-0.05, 0) is 140 Å². The molecule has 0 saturated carbocycles. The third-order valence-electron chi connectivity index (χ3n) is 17.5. The second-order valence-electron chi connectivity index (χ2n) is 24.0. The molecule has 0 fully saturated rings. The molecule has 386 valence electrons. The van der Waals surface area contributed by atoms with Crippen molar-refractivity contribution in [3.8, 4) is 39.8 Å². The number of anilines is 3. The van der Waals surface area contributed by atoms with Crippen LogP contribution in [0.2, 0.25) is 0 Å². The molecule has 4 heteroatoms. The van der Waals surface area contributed by atoms with Crippen molar-refractivity contribution in [2.24, 2.45) is 0 Å². The lowest BCUT2D eigenvalue weighted by molar-refractivity contribution is 0.433. The van der Waals surface area contributed by atoms with E-state index in [9.17, 15) is 0 Å². The lowest BCUT2D eigenvalue weighted by Gasteiger charge is -2.42. The Hall–Kier alpha value is -9.38. The largest absolute Gasteiger partial charge is 0.457 e. The highest BCUT2D eigenvalue weighted by atomic mass is 16.5. The summed E-state index contributed by atoms with van der Waals surface area (Å²) in [5.41, 5.74) is 18.9. The van der Waals surface area contributed by atoms with Crippen molar-refractivity contribution in [2.75, 3.05) is 4.90 Å². The summed E-state index contributed by atoms with van der Waals surface area (Å²) in [6.07, 6.45) is 0. The van der Waals surface area contributed by atoms with Gasteiger partial charge in [-0.2, -0.15) is 0 Å². The zero-order chi connectivity index (χ0) is 54.1. The fourth-order valence-corrected chi connectivity index (χ4v) is 13.8. The summed E-state index contributed by atoms with van der Waals surface area (Å²) in [4.78, 5) is 2.51. The van der Waals surface area contributed by atoms with Crippen LogP contribution in [0.3, 0.4) is 0 Å². The van der Waals surface area contributed by atoms with Crippen LogP contribution in [0.15, 0.2) is 255 Å². The van der Waals surface area contributed by atoms with Gasteiger partial charge >= 0.3 is 0 Å². The average molecular weight is 1030 g/mol. The summed E-state index contributed by atoms with van der Waals surface area (Å²) in [5, 5.41) is 2.42. The first kappa shape index (κ1) is 47.8. The third-order valence-corrected chi connectivity index (χ3v) is 17.5. The molecule has 1 aromatic heterocycles. The van der Waals surface area contributed by atoms with Crippen molar-refractivity contribution in [3.63, 3.8) is 0 Å². The van der Waals surface area contributed by atoms with Crippen LogP contribution in [0, 0.1) is 0 Å². The second-order valence-corrected chi connectivity index (χ2v) is 24.0. The minimum Gasteiger partial charge on any atom is -0.457 e. The van der Waals surface area contributed by atoms with E-state index in [0.29, 0.717) is 0 Å². The number of benzene rings is 11. The van der Waals surface area contributed by atoms with Gasteiger partial charge < -0.3 is 18.9 Å². The van der Waals surface area contributed by atoms with E-state index in [1.807, 2.05) is 0 Å². The van der Waals surface area contributed by atoms with E-state index in [1.54, 1.807) is 0 Å². The van der Waals surface area contributed by atoms with Crippen LogP contribution in [0.1, 0.15) is 97.2 Å². The summed E-state index contributed by atoms with van der Waals surface area (Å²) in [5.74, 6) is 3.42. The minimum absolute atomic E-state index is 0.120. The van der Waals surface area contributed by atoms with Crippen molar-refractivity contribution in [2.45, 2.75) is 63.2 Å². The third kappa shape index (κ3) is 6.88. The van der Waals surface area contributed by atoms with Gasteiger partial charge in [-0.15, -0.1) is 0 Å². The van der Waals surface area contributed by atoms with Crippen molar-refractivity contribution < 1.29 is 9.47 Å². The van der Waals surface area contributed by atoms with E-state index in [4.69, 9.17) is 9.47 Å². The predicted molar refractivity (Wildman–Crippen MR) is 329 cm³/mol. The molecule has 11 aromatic carbocycles. The molecule has 0 N–H and O–H groups in total. The summed E-state index contributed by atoms with van der Waals surface area (Å²) in [6.45, 7) is 13.9. The zero-order valence-corrected chi connectivity index (χ0v) is 46.0. The molecular weight excluding hydrogens is 973 g/mol. The zero-order valence-electron chi connectivity index (χ0n) is 46.0. The predicted octanol–water partition coefficient (Wildman–Crippen LogP) is 19.8. The standard InChI is InChI=1S/C76H60N2O2/c1-73(2,3)51-37-42-70-62(45-51)76(63-46-52(74(4,5)6)38-43-71(63)80-70)59-30-16-13-27-55(59)56-41-39-53(47-61(56)76)77(67-34-20-21-35-68(67)78-65-32-18-14-28-57(65)58-29-15-19-33-66(58)78)54-40-44-72-64(48-54)75(49-23-9-7-10-24-49,50-25-11-8-12-26-50)60-31-17-22-36-69(60)79-72/h7-48H,1-6H3. The van der Waals surface area contributed by atoms with Gasteiger partial charge in [0.15, 0.2) is 0 Å². The molecule has 0 amide bonds. The Bertz CT molecular complexity index is 4300. The maximum Gasteiger partial charge on any atom is 0.132 e. The number of hydrogen-bond acceptors (Lipinski definition) is 3. The van der Waals surface area contributed by atoms with Gasteiger partial charge in [-0.3, -0.25) is 0 Å². The maximum atomic E-state index is 7.12. The van der Waals surface area contributed by atoms with Crippen molar-refractivity contribution in [1.82, 2.24) is 4.57 Å². The Morgan fingerprint density at radius 1 is 0.338 bits per heavy atom. The lowest BCUT2D eigenvalue weighted by Crippen LogP contribution is -2.34. The molecule has 2 aliphatic heterocycles. The summed E-state index contributed by atoms with van der Waals surface area (Å²) < 4.78 is 16.6. The number of hydrogen-bond donors (Lipinski definition) is 0. The molecule has 0 radical (unpaired) electrons. The molecule has 4 nitrogen and oxygen atoms in total. The van der Waals surface area contributed by atoms with Gasteiger partial charge in [0.25, 0.3) is 0 Å². The number of para-hydroxylation sites is 5. The normalized spacial score (nSPS) is 14.3. The fourth-order valence-electron chi connectivity index (χ4n) is 13.8. The van der Waals surface area contributed by atoms with Crippen molar-refractivity contribution in [1.29, 1.82) is 0 Å². The molecule has 0 unspecified atom stereocenters. The Morgan fingerprint density at radius 3 is 1.38 bits per heavy atom. The number of aromatic nitrogens is 1. The first-order valence-electron chi connectivity index (χ1n) is 28.1. The average Bonchev–Trinajstić information content (AvgIpc) is 2.45. The fraction of sp³-hybridized carbons (Fsp3) is 0.132. The van der Waals surface area contributed by atoms with Crippen LogP contribution in [0.4, 0.5) is 17.1 Å². The molecule has 12 aromatic rings. The maximum absolute atomic E-state index is 7.12.